The summed E-state index contributed by atoms with van der Waals surface area (Å²) in [5, 5.41) is 4.26. The van der Waals surface area contributed by atoms with Crippen LogP contribution in [0.4, 0.5) is 15.8 Å². The standard InChI is InChI=1S/C23H23FN4O3S/c1-2-26-6-5-20(29)16-12-17(24)19(13-18(16)26)27-7-9-28(10-8-27)23(32)25-15-3-4-21-22(11-15)31-14-30-21/h3-6,11-13H,2,7-10,14H2,1H3,(H,25,32). The minimum absolute atomic E-state index is 0.167. The van der Waals surface area contributed by atoms with Crippen molar-refractivity contribution >= 4 is 39.6 Å². The molecule has 0 atom stereocenters. The molecule has 0 radical (unpaired) electrons. The number of thiocarbonyl (C=S) groups is 1. The van der Waals surface area contributed by atoms with Crippen molar-refractivity contribution in [2.75, 3.05) is 43.2 Å². The second-order valence-electron chi connectivity index (χ2n) is 7.76. The summed E-state index contributed by atoms with van der Waals surface area (Å²) in [5.41, 5.74) is 1.93. The van der Waals surface area contributed by atoms with Crippen LogP contribution in [0.15, 0.2) is 47.4 Å². The third kappa shape index (κ3) is 3.73. The van der Waals surface area contributed by atoms with E-state index in [2.05, 4.69) is 10.2 Å². The number of pyridine rings is 1. The third-order valence-corrected chi connectivity index (χ3v) is 6.28. The van der Waals surface area contributed by atoms with Gasteiger partial charge in [-0.05, 0) is 43.4 Å². The number of aromatic nitrogens is 1. The highest BCUT2D eigenvalue weighted by Gasteiger charge is 2.23. The van der Waals surface area contributed by atoms with Crippen LogP contribution in [0.25, 0.3) is 10.9 Å². The number of aryl methyl sites for hydroxylation is 1. The number of nitrogens with zero attached hydrogens (tertiary/aromatic N) is 3. The SMILES string of the molecule is CCn1ccc(=O)c2cc(F)c(N3CCN(C(=S)Nc4ccc5c(c4)OCO5)CC3)cc21. The normalized spacial score (nSPS) is 15.3. The monoisotopic (exact) mass is 454 g/mol. The van der Waals surface area contributed by atoms with Crippen LogP contribution in [-0.2, 0) is 6.54 Å². The first kappa shape index (κ1) is 20.6. The van der Waals surface area contributed by atoms with Gasteiger partial charge in [-0.15, -0.1) is 0 Å². The number of nitrogens with one attached hydrogen (secondary N) is 1. The maximum Gasteiger partial charge on any atom is 0.231 e. The van der Waals surface area contributed by atoms with Gasteiger partial charge in [0, 0.05) is 62.1 Å². The number of halogens is 1. The topological polar surface area (TPSA) is 59.0 Å². The van der Waals surface area contributed by atoms with Crippen LogP contribution in [0.2, 0.25) is 0 Å². The molecule has 32 heavy (non-hydrogen) atoms. The van der Waals surface area contributed by atoms with Crippen molar-refractivity contribution in [2.24, 2.45) is 0 Å². The van der Waals surface area contributed by atoms with E-state index in [0.717, 1.165) is 17.0 Å². The molecule has 1 fully saturated rings. The van der Waals surface area contributed by atoms with Gasteiger partial charge in [-0.25, -0.2) is 4.39 Å². The van der Waals surface area contributed by atoms with E-state index >= 15 is 0 Å². The van der Waals surface area contributed by atoms with Crippen LogP contribution in [-0.4, -0.2) is 47.6 Å². The van der Waals surface area contributed by atoms with Crippen molar-refractivity contribution in [3.8, 4) is 11.5 Å². The van der Waals surface area contributed by atoms with E-state index in [1.54, 1.807) is 12.3 Å². The molecule has 1 N–H and O–H groups in total. The molecule has 1 saturated heterocycles. The van der Waals surface area contributed by atoms with Crippen molar-refractivity contribution in [1.82, 2.24) is 9.47 Å². The van der Waals surface area contributed by atoms with Gasteiger partial charge >= 0.3 is 0 Å². The predicted octanol–water partition coefficient (Wildman–Crippen LogP) is 3.41. The Labute approximate surface area is 189 Å². The van der Waals surface area contributed by atoms with Crippen LogP contribution in [0.5, 0.6) is 11.5 Å². The van der Waals surface area contributed by atoms with Crippen molar-refractivity contribution < 1.29 is 13.9 Å². The lowest BCUT2D eigenvalue weighted by atomic mass is 10.1. The Kier molecular flexibility index (Phi) is 5.34. The highest BCUT2D eigenvalue weighted by atomic mass is 32.1. The number of rotatable bonds is 3. The Morgan fingerprint density at radius 1 is 1.09 bits per heavy atom. The van der Waals surface area contributed by atoms with E-state index in [1.165, 1.54) is 12.1 Å². The van der Waals surface area contributed by atoms with Gasteiger partial charge in [0.25, 0.3) is 0 Å². The quantitative estimate of drug-likeness (QED) is 0.609. The van der Waals surface area contributed by atoms with Crippen molar-refractivity contribution in [2.45, 2.75) is 13.5 Å². The van der Waals surface area contributed by atoms with Gasteiger partial charge in [0.05, 0.1) is 11.2 Å². The highest BCUT2D eigenvalue weighted by molar-refractivity contribution is 7.80. The second kappa shape index (κ2) is 8.31. The summed E-state index contributed by atoms with van der Waals surface area (Å²) in [6.07, 6.45) is 1.75. The van der Waals surface area contributed by atoms with Crippen molar-refractivity contribution in [1.29, 1.82) is 0 Å². The minimum Gasteiger partial charge on any atom is -0.454 e. The lowest BCUT2D eigenvalue weighted by Gasteiger charge is -2.37. The van der Waals surface area contributed by atoms with Gasteiger partial charge in [0.15, 0.2) is 22.0 Å². The molecule has 0 unspecified atom stereocenters. The molecule has 3 heterocycles. The smallest absolute Gasteiger partial charge is 0.231 e. The Bertz CT molecular complexity index is 1250. The summed E-state index contributed by atoms with van der Waals surface area (Å²) in [6, 6.07) is 10.2. The van der Waals surface area contributed by atoms with Crippen molar-refractivity contribution in [3.63, 3.8) is 0 Å². The second-order valence-corrected chi connectivity index (χ2v) is 8.15. The average Bonchev–Trinajstić information content (AvgIpc) is 3.27. The fraction of sp³-hybridized carbons (Fsp3) is 0.304. The molecule has 0 bridgehead atoms. The zero-order chi connectivity index (χ0) is 22.2. The molecule has 9 heteroatoms. The van der Waals surface area contributed by atoms with E-state index in [4.69, 9.17) is 21.7 Å². The van der Waals surface area contributed by atoms with Crippen LogP contribution in [0, 0.1) is 5.82 Å². The van der Waals surface area contributed by atoms with Crippen LogP contribution >= 0.6 is 12.2 Å². The fourth-order valence-corrected chi connectivity index (χ4v) is 4.46. The number of ether oxygens (including phenoxy) is 2. The molecular weight excluding hydrogens is 431 g/mol. The molecule has 7 nitrogen and oxygen atoms in total. The lowest BCUT2D eigenvalue weighted by Crippen LogP contribution is -2.50. The molecule has 166 valence electrons. The summed E-state index contributed by atoms with van der Waals surface area (Å²) in [7, 11) is 0. The minimum atomic E-state index is -0.377. The highest BCUT2D eigenvalue weighted by Crippen LogP contribution is 2.34. The third-order valence-electron chi connectivity index (χ3n) is 5.92. The van der Waals surface area contributed by atoms with E-state index < -0.39 is 0 Å². The van der Waals surface area contributed by atoms with Gasteiger partial charge in [-0.1, -0.05) is 0 Å². The number of anilines is 2. The summed E-state index contributed by atoms with van der Waals surface area (Å²) < 4.78 is 27.6. The molecular formula is C23H23FN4O3S. The number of piperazine rings is 1. The molecule has 3 aromatic rings. The molecule has 0 aliphatic carbocycles. The van der Waals surface area contributed by atoms with E-state index in [0.29, 0.717) is 54.7 Å². The number of hydrogen-bond donors (Lipinski definition) is 1. The molecule has 5 rings (SSSR count). The number of fused-ring (bicyclic) bond motifs is 2. The largest absolute Gasteiger partial charge is 0.454 e. The van der Waals surface area contributed by atoms with Gasteiger partial charge < -0.3 is 29.2 Å². The Balaban J connectivity index is 1.29. The lowest BCUT2D eigenvalue weighted by molar-refractivity contribution is 0.174. The first-order chi connectivity index (χ1) is 15.5. The van der Waals surface area contributed by atoms with Crippen LogP contribution in [0.1, 0.15) is 6.92 Å². The van der Waals surface area contributed by atoms with Gasteiger partial charge in [0.2, 0.25) is 6.79 Å². The molecule has 2 aromatic carbocycles. The fourth-order valence-electron chi connectivity index (χ4n) is 4.16. The summed E-state index contributed by atoms with van der Waals surface area (Å²) in [5.74, 6) is 1.04. The van der Waals surface area contributed by atoms with Crippen LogP contribution < -0.4 is 25.1 Å². The molecule has 1 aromatic heterocycles. The Morgan fingerprint density at radius 2 is 1.88 bits per heavy atom. The summed E-state index contributed by atoms with van der Waals surface area (Å²) >= 11 is 5.59. The average molecular weight is 455 g/mol. The van der Waals surface area contributed by atoms with E-state index in [-0.39, 0.29) is 18.0 Å². The Morgan fingerprint density at radius 3 is 2.66 bits per heavy atom. The van der Waals surface area contributed by atoms with Crippen LogP contribution in [0.3, 0.4) is 0 Å². The Hall–Kier alpha value is -3.33. The maximum absolute atomic E-state index is 14.9. The maximum atomic E-state index is 14.9. The molecule has 0 saturated carbocycles. The first-order valence-corrected chi connectivity index (χ1v) is 11.0. The molecule has 0 amide bonds. The molecule has 2 aliphatic rings. The number of benzene rings is 2. The predicted molar refractivity (Wildman–Crippen MR) is 126 cm³/mol. The van der Waals surface area contributed by atoms with E-state index in [1.807, 2.05) is 34.6 Å². The summed E-state index contributed by atoms with van der Waals surface area (Å²) in [6.45, 7) is 5.48. The van der Waals surface area contributed by atoms with Gasteiger partial charge in [-0.2, -0.15) is 0 Å². The van der Waals surface area contributed by atoms with Crippen molar-refractivity contribution in [3.05, 3.63) is 58.6 Å². The molecule has 2 aliphatic heterocycles. The van der Waals surface area contributed by atoms with E-state index in [9.17, 15) is 9.18 Å². The zero-order valence-corrected chi connectivity index (χ0v) is 18.5. The summed E-state index contributed by atoms with van der Waals surface area (Å²) in [4.78, 5) is 16.3. The number of hydrogen-bond acceptors (Lipinski definition) is 5. The zero-order valence-electron chi connectivity index (χ0n) is 17.6. The van der Waals surface area contributed by atoms with Gasteiger partial charge in [-0.3, -0.25) is 4.79 Å². The first-order valence-electron chi connectivity index (χ1n) is 10.6. The molecule has 0 spiro atoms. The van der Waals surface area contributed by atoms with Gasteiger partial charge in [0.1, 0.15) is 5.82 Å².